The fraction of sp³-hybridized carbons (Fsp3) is 0.429. The van der Waals surface area contributed by atoms with Crippen LogP contribution in [0, 0.1) is 11.8 Å². The van der Waals surface area contributed by atoms with Crippen LogP contribution < -0.4 is 4.74 Å². The van der Waals surface area contributed by atoms with Crippen LogP contribution in [0.4, 0.5) is 0 Å². The standard InChI is InChI=1S/C21H20O6/c1-27-15-5-3-9-16-11(23)6-13(25)20-10(22)4-2-8(18(16)20)17-12(24)7-14(26)21(15)19(9)17/h2-5,11-12,16-18,20,22-24H,6-7H2,1H3. The highest BCUT2D eigenvalue weighted by Gasteiger charge is 2.56. The summed E-state index contributed by atoms with van der Waals surface area (Å²) in [6.45, 7) is 0. The number of ketones is 2. The van der Waals surface area contributed by atoms with Crippen LogP contribution in [0.1, 0.15) is 46.2 Å². The fourth-order valence-corrected chi connectivity index (χ4v) is 5.65. The molecule has 6 unspecified atom stereocenters. The Labute approximate surface area is 155 Å². The molecule has 6 atom stereocenters. The normalized spacial score (nSPS) is 36.4. The SMILES string of the molecule is COc1ccc2c3c1C(=O)CC(O)C3C1=CC=C(O)C3C(=O)CC(O)C2C13. The van der Waals surface area contributed by atoms with Gasteiger partial charge < -0.3 is 20.1 Å². The van der Waals surface area contributed by atoms with Crippen molar-refractivity contribution in [3.05, 3.63) is 52.3 Å². The number of methoxy groups -OCH3 is 1. The van der Waals surface area contributed by atoms with Crippen LogP contribution in [0.25, 0.3) is 0 Å². The number of allylic oxidation sites excluding steroid dienone is 3. The van der Waals surface area contributed by atoms with Gasteiger partial charge in [0.15, 0.2) is 5.78 Å². The number of fused-ring (bicyclic) bond motifs is 2. The van der Waals surface area contributed by atoms with Crippen molar-refractivity contribution in [1.82, 2.24) is 0 Å². The van der Waals surface area contributed by atoms with E-state index in [4.69, 9.17) is 4.74 Å². The third-order valence-electron chi connectivity index (χ3n) is 6.62. The minimum Gasteiger partial charge on any atom is -0.512 e. The molecule has 1 aromatic carbocycles. The number of aliphatic hydroxyl groups excluding tert-OH is 3. The van der Waals surface area contributed by atoms with Gasteiger partial charge in [0.2, 0.25) is 0 Å². The second-order valence-corrected chi connectivity index (χ2v) is 7.84. The van der Waals surface area contributed by atoms with E-state index in [-0.39, 0.29) is 30.2 Å². The first-order chi connectivity index (χ1) is 12.9. The lowest BCUT2D eigenvalue weighted by Crippen LogP contribution is -2.50. The van der Waals surface area contributed by atoms with Gasteiger partial charge in [0.05, 0.1) is 30.8 Å². The number of ether oxygens (including phenoxy) is 1. The summed E-state index contributed by atoms with van der Waals surface area (Å²) in [5.41, 5.74) is 2.73. The highest BCUT2D eigenvalue weighted by molar-refractivity contribution is 6.03. The minimum absolute atomic E-state index is 0.00390. The summed E-state index contributed by atoms with van der Waals surface area (Å²) in [5, 5.41) is 31.9. The van der Waals surface area contributed by atoms with E-state index in [0.717, 1.165) is 11.1 Å². The molecular weight excluding hydrogens is 348 g/mol. The number of rotatable bonds is 1. The molecule has 4 aliphatic rings. The van der Waals surface area contributed by atoms with Crippen molar-refractivity contribution in [2.24, 2.45) is 11.8 Å². The molecule has 0 radical (unpaired) electrons. The van der Waals surface area contributed by atoms with Crippen molar-refractivity contribution in [2.75, 3.05) is 7.11 Å². The Hall–Kier alpha value is -2.44. The van der Waals surface area contributed by atoms with Gasteiger partial charge in [-0.15, -0.1) is 0 Å². The predicted octanol–water partition coefficient (Wildman–Crippen LogP) is 1.77. The average molecular weight is 368 g/mol. The van der Waals surface area contributed by atoms with Crippen LogP contribution in [0.5, 0.6) is 5.75 Å². The van der Waals surface area contributed by atoms with E-state index in [0.29, 0.717) is 16.9 Å². The van der Waals surface area contributed by atoms with E-state index in [9.17, 15) is 24.9 Å². The van der Waals surface area contributed by atoms with E-state index in [1.54, 1.807) is 12.1 Å². The van der Waals surface area contributed by atoms with Gasteiger partial charge in [-0.3, -0.25) is 9.59 Å². The van der Waals surface area contributed by atoms with Gasteiger partial charge in [0.1, 0.15) is 17.3 Å². The lowest BCUT2D eigenvalue weighted by atomic mass is 9.53. The molecule has 0 bridgehead atoms. The Balaban J connectivity index is 1.84. The van der Waals surface area contributed by atoms with Crippen molar-refractivity contribution in [3.8, 4) is 5.75 Å². The molecule has 0 aromatic heterocycles. The lowest BCUT2D eigenvalue weighted by Gasteiger charge is -2.51. The monoisotopic (exact) mass is 368 g/mol. The number of carbonyl (C=O) groups excluding carboxylic acids is 2. The van der Waals surface area contributed by atoms with Crippen LogP contribution in [0.2, 0.25) is 0 Å². The second-order valence-electron chi connectivity index (χ2n) is 7.84. The van der Waals surface area contributed by atoms with Gasteiger partial charge in [-0.05, 0) is 23.3 Å². The molecule has 0 heterocycles. The molecule has 1 fully saturated rings. The first-order valence-corrected chi connectivity index (χ1v) is 9.17. The average Bonchev–Trinajstić information content (AvgIpc) is 2.63. The first-order valence-electron chi connectivity index (χ1n) is 9.17. The molecular formula is C21H20O6. The lowest BCUT2D eigenvalue weighted by molar-refractivity contribution is -0.131. The smallest absolute Gasteiger partial charge is 0.169 e. The molecule has 6 heteroatoms. The molecule has 27 heavy (non-hydrogen) atoms. The third kappa shape index (κ3) is 2.02. The second kappa shape index (κ2) is 5.53. The zero-order chi connectivity index (χ0) is 19.0. The van der Waals surface area contributed by atoms with Gasteiger partial charge in [-0.1, -0.05) is 17.7 Å². The van der Waals surface area contributed by atoms with Crippen LogP contribution in [0.15, 0.2) is 35.6 Å². The molecule has 6 nitrogen and oxygen atoms in total. The summed E-state index contributed by atoms with van der Waals surface area (Å²) in [6.07, 6.45) is 1.37. The number of carbonyl (C=O) groups is 2. The molecule has 0 spiro atoms. The van der Waals surface area contributed by atoms with Gasteiger partial charge >= 0.3 is 0 Å². The molecule has 0 aliphatic heterocycles. The molecule has 140 valence electrons. The quantitative estimate of drug-likeness (QED) is 0.698. The maximum Gasteiger partial charge on any atom is 0.169 e. The number of hydrogen-bond acceptors (Lipinski definition) is 6. The van der Waals surface area contributed by atoms with Gasteiger partial charge in [-0.2, -0.15) is 0 Å². The van der Waals surface area contributed by atoms with Crippen molar-refractivity contribution < 1.29 is 29.6 Å². The van der Waals surface area contributed by atoms with Crippen LogP contribution in [-0.2, 0) is 4.79 Å². The highest BCUT2D eigenvalue weighted by Crippen LogP contribution is 2.59. The summed E-state index contributed by atoms with van der Waals surface area (Å²) in [6, 6.07) is 3.54. The van der Waals surface area contributed by atoms with Gasteiger partial charge in [-0.25, -0.2) is 0 Å². The Morgan fingerprint density at radius 3 is 2.52 bits per heavy atom. The highest BCUT2D eigenvalue weighted by atomic mass is 16.5. The van der Waals surface area contributed by atoms with E-state index in [1.165, 1.54) is 13.2 Å². The van der Waals surface area contributed by atoms with Crippen molar-refractivity contribution in [3.63, 3.8) is 0 Å². The van der Waals surface area contributed by atoms with Gasteiger partial charge in [0.25, 0.3) is 0 Å². The Bertz CT molecular complexity index is 942. The van der Waals surface area contributed by atoms with Crippen molar-refractivity contribution >= 4 is 11.6 Å². The fourth-order valence-electron chi connectivity index (χ4n) is 5.65. The maximum absolute atomic E-state index is 12.7. The molecule has 0 saturated heterocycles. The summed E-state index contributed by atoms with van der Waals surface area (Å²) in [7, 11) is 1.50. The molecule has 1 aromatic rings. The van der Waals surface area contributed by atoms with Crippen LogP contribution in [-0.4, -0.2) is 46.2 Å². The summed E-state index contributed by atoms with van der Waals surface area (Å²) in [5.74, 6) is -1.89. The van der Waals surface area contributed by atoms with E-state index < -0.39 is 35.9 Å². The molecule has 3 N–H and O–H groups in total. The van der Waals surface area contributed by atoms with Gasteiger partial charge in [0, 0.05) is 30.6 Å². The molecule has 4 aliphatic carbocycles. The third-order valence-corrected chi connectivity index (χ3v) is 6.62. The Kier molecular flexibility index (Phi) is 3.42. The Morgan fingerprint density at radius 2 is 1.78 bits per heavy atom. The zero-order valence-corrected chi connectivity index (χ0v) is 14.8. The molecule has 1 saturated carbocycles. The van der Waals surface area contributed by atoms with Crippen molar-refractivity contribution in [2.45, 2.75) is 36.9 Å². The number of Topliss-reactive ketones (excluding diaryl/α,β-unsaturated/α-hetero) is 2. The van der Waals surface area contributed by atoms with Crippen LogP contribution >= 0.6 is 0 Å². The predicted molar refractivity (Wildman–Crippen MR) is 94.8 cm³/mol. The van der Waals surface area contributed by atoms with E-state index >= 15 is 0 Å². The molecule has 0 amide bonds. The summed E-state index contributed by atoms with van der Waals surface area (Å²) >= 11 is 0. The maximum atomic E-state index is 12.7. The number of benzene rings is 1. The minimum atomic E-state index is -0.911. The zero-order valence-electron chi connectivity index (χ0n) is 14.8. The number of hydrogen-bond donors (Lipinski definition) is 3. The van der Waals surface area contributed by atoms with E-state index in [1.807, 2.05) is 6.07 Å². The topological polar surface area (TPSA) is 104 Å². The van der Waals surface area contributed by atoms with E-state index in [2.05, 4.69) is 0 Å². The van der Waals surface area contributed by atoms with Crippen molar-refractivity contribution in [1.29, 1.82) is 0 Å². The summed E-state index contributed by atoms with van der Waals surface area (Å²) < 4.78 is 5.40. The van der Waals surface area contributed by atoms with Crippen LogP contribution in [0.3, 0.4) is 0 Å². The summed E-state index contributed by atoms with van der Waals surface area (Å²) in [4.78, 5) is 25.3. The molecule has 5 rings (SSSR count). The largest absolute Gasteiger partial charge is 0.512 e. The number of aliphatic hydroxyl groups is 3. The first kappa shape index (κ1) is 16.7. The Morgan fingerprint density at radius 1 is 1.00 bits per heavy atom.